The topological polar surface area (TPSA) is 264 Å². The lowest BCUT2D eigenvalue weighted by molar-refractivity contribution is 0.471. The number of hydrogen-bond donors (Lipinski definition) is 5. The van der Waals surface area contributed by atoms with Crippen molar-refractivity contribution in [3.63, 3.8) is 0 Å². The number of hydrogen-bond acceptors (Lipinski definition) is 10. The van der Waals surface area contributed by atoms with Crippen LogP contribution in [-0.4, -0.2) is 70.8 Å². The maximum atomic E-state index is 12.5. The van der Waals surface area contributed by atoms with Gasteiger partial charge >= 0.3 is 10.3 Å². The number of aromatic amines is 1. The van der Waals surface area contributed by atoms with Crippen LogP contribution < -0.4 is 0 Å². The average Bonchev–Trinajstić information content (AvgIpc) is 3.42. The highest BCUT2D eigenvalue weighted by Crippen LogP contribution is 2.39. The van der Waals surface area contributed by atoms with Crippen molar-refractivity contribution in [2.75, 3.05) is 0 Å². The minimum atomic E-state index is -5.52. The second-order valence-electron chi connectivity index (χ2n) is 8.20. The van der Waals surface area contributed by atoms with Gasteiger partial charge in [0.05, 0.1) is 32.5 Å². The number of para-hydroxylation sites is 2. The lowest BCUT2D eigenvalue weighted by Gasteiger charge is -2.14. The maximum Gasteiger partial charge on any atom is 0.365 e. The van der Waals surface area contributed by atoms with Crippen LogP contribution in [0.3, 0.4) is 0 Å². The minimum absolute atomic E-state index is 0.108. The standard InChI is InChI=1S/C20H14N4O12S4/c25-37(26,27)11-5-6-14-15(9-11)24(40(34,35)36)20(23-14)18-16(38(28,29)30)7-10(8-17(18)39(31,32)33)19-21-12-3-1-2-4-13(12)22-19/h1-9H,(H,21,22)(H,25,26,27)(H,28,29,30)(H,31,32,33)(H,34,35,36). The van der Waals surface area contributed by atoms with Crippen molar-refractivity contribution in [1.29, 1.82) is 0 Å². The predicted molar refractivity (Wildman–Crippen MR) is 137 cm³/mol. The average molecular weight is 631 g/mol. The molecule has 2 aromatic heterocycles. The number of benzene rings is 3. The molecule has 0 fully saturated rings. The monoisotopic (exact) mass is 630 g/mol. The summed E-state index contributed by atoms with van der Waals surface area (Å²) in [6.45, 7) is 0. The van der Waals surface area contributed by atoms with Crippen LogP contribution in [0.1, 0.15) is 0 Å². The first kappa shape index (κ1) is 27.8. The minimum Gasteiger partial charge on any atom is -0.338 e. The molecule has 2 heterocycles. The molecule has 210 valence electrons. The van der Waals surface area contributed by atoms with E-state index in [4.69, 9.17) is 0 Å². The fourth-order valence-corrected chi connectivity index (χ4v) is 6.81. The third kappa shape index (κ3) is 4.86. The molecule has 0 spiro atoms. The first-order valence-electron chi connectivity index (χ1n) is 10.4. The molecule has 0 saturated heterocycles. The molecule has 0 amide bonds. The Morgan fingerprint density at radius 1 is 0.675 bits per heavy atom. The highest BCUT2D eigenvalue weighted by Gasteiger charge is 2.34. The zero-order chi connectivity index (χ0) is 29.4. The number of nitrogens with one attached hydrogen (secondary N) is 1. The smallest absolute Gasteiger partial charge is 0.338 e. The molecule has 5 aromatic rings. The van der Waals surface area contributed by atoms with E-state index >= 15 is 0 Å². The molecule has 0 aliphatic carbocycles. The number of imidazole rings is 2. The Labute approximate surface area is 225 Å². The zero-order valence-corrected chi connectivity index (χ0v) is 22.5. The van der Waals surface area contributed by atoms with E-state index in [2.05, 4.69) is 15.0 Å². The van der Waals surface area contributed by atoms with Gasteiger partial charge in [0, 0.05) is 5.56 Å². The summed E-state index contributed by atoms with van der Waals surface area (Å²) < 4.78 is 137. The van der Waals surface area contributed by atoms with Crippen LogP contribution in [-0.2, 0) is 40.7 Å². The highest BCUT2D eigenvalue weighted by molar-refractivity contribution is 7.87. The Balaban J connectivity index is 1.96. The third-order valence-corrected chi connectivity index (χ3v) is 9.06. The fraction of sp³-hybridized carbons (Fsp3) is 0. The number of nitrogens with zero attached hydrogens (tertiary/aromatic N) is 3. The van der Waals surface area contributed by atoms with Gasteiger partial charge in [-0.1, -0.05) is 12.1 Å². The van der Waals surface area contributed by atoms with Crippen molar-refractivity contribution in [3.8, 4) is 22.8 Å². The van der Waals surface area contributed by atoms with E-state index < -0.39 is 77.8 Å². The summed E-state index contributed by atoms with van der Waals surface area (Å²) in [5, 5.41) is 0. The second-order valence-corrected chi connectivity index (χ2v) is 13.7. The van der Waals surface area contributed by atoms with Crippen LogP contribution in [0.15, 0.2) is 69.3 Å². The lowest BCUT2D eigenvalue weighted by Crippen LogP contribution is -2.16. The summed E-state index contributed by atoms with van der Waals surface area (Å²) in [6, 6.07) is 10.1. The Bertz CT molecular complexity index is 2240. The quantitative estimate of drug-likeness (QED) is 0.167. The summed E-state index contributed by atoms with van der Waals surface area (Å²) in [5.74, 6) is -1.26. The van der Waals surface area contributed by atoms with E-state index in [0.29, 0.717) is 29.2 Å². The van der Waals surface area contributed by atoms with Crippen LogP contribution in [0.25, 0.3) is 44.8 Å². The number of aromatic nitrogens is 4. The van der Waals surface area contributed by atoms with Gasteiger partial charge < -0.3 is 4.98 Å². The van der Waals surface area contributed by atoms with Crippen molar-refractivity contribution < 1.29 is 51.9 Å². The van der Waals surface area contributed by atoms with Gasteiger partial charge in [0.25, 0.3) is 30.4 Å². The van der Waals surface area contributed by atoms with Crippen molar-refractivity contribution in [1.82, 2.24) is 18.9 Å². The molecule has 40 heavy (non-hydrogen) atoms. The lowest BCUT2D eigenvalue weighted by atomic mass is 10.1. The van der Waals surface area contributed by atoms with Gasteiger partial charge in [0.15, 0.2) is 5.82 Å². The fourth-order valence-electron chi connectivity index (χ4n) is 4.03. The van der Waals surface area contributed by atoms with Gasteiger partial charge in [0.2, 0.25) is 0 Å². The second kappa shape index (κ2) is 8.87. The Morgan fingerprint density at radius 3 is 1.80 bits per heavy atom. The van der Waals surface area contributed by atoms with Crippen LogP contribution in [0.5, 0.6) is 0 Å². The summed E-state index contributed by atoms with van der Waals surface area (Å²) in [7, 11) is -21.3. The molecular weight excluding hydrogens is 617 g/mol. The molecular formula is C20H14N4O12S4. The van der Waals surface area contributed by atoms with Crippen molar-refractivity contribution in [3.05, 3.63) is 54.6 Å². The van der Waals surface area contributed by atoms with Crippen molar-refractivity contribution in [2.45, 2.75) is 14.7 Å². The zero-order valence-electron chi connectivity index (χ0n) is 19.2. The number of H-pyrrole nitrogens is 1. The van der Waals surface area contributed by atoms with E-state index in [1.165, 1.54) is 0 Å². The SMILES string of the molecule is O=S(=O)(O)c1ccc2nc(-c3c(S(=O)(=O)O)cc(-c4nc5ccccc5[nH]4)cc3S(=O)(=O)O)n(S(=O)(=O)O)c2c1. The Kier molecular flexibility index (Phi) is 6.16. The van der Waals surface area contributed by atoms with Crippen LogP contribution in [0, 0.1) is 0 Å². The summed E-state index contributed by atoms with van der Waals surface area (Å²) in [5.41, 5.74) is -1.81. The van der Waals surface area contributed by atoms with Crippen LogP contribution in [0.4, 0.5) is 0 Å². The summed E-state index contributed by atoms with van der Waals surface area (Å²) in [4.78, 5) is 7.45. The maximum absolute atomic E-state index is 12.5. The van der Waals surface area contributed by atoms with E-state index in [1.807, 2.05) is 0 Å². The molecule has 0 radical (unpaired) electrons. The van der Waals surface area contributed by atoms with Gasteiger partial charge in [-0.15, -0.1) is 0 Å². The molecule has 5 N–H and O–H groups in total. The van der Waals surface area contributed by atoms with E-state index in [9.17, 15) is 51.9 Å². The molecule has 0 bridgehead atoms. The largest absolute Gasteiger partial charge is 0.365 e. The van der Waals surface area contributed by atoms with E-state index in [-0.39, 0.29) is 15.4 Å². The van der Waals surface area contributed by atoms with Gasteiger partial charge in [-0.05, 0) is 42.5 Å². The van der Waals surface area contributed by atoms with Crippen molar-refractivity contribution >= 4 is 62.7 Å². The molecule has 0 atom stereocenters. The molecule has 20 heteroatoms. The first-order chi connectivity index (χ1) is 18.4. The van der Waals surface area contributed by atoms with Gasteiger partial charge in [-0.3, -0.25) is 18.2 Å². The number of rotatable bonds is 6. The molecule has 0 unspecified atom stereocenters. The normalized spacial score (nSPS) is 13.3. The molecule has 16 nitrogen and oxygen atoms in total. The van der Waals surface area contributed by atoms with Gasteiger partial charge in [0.1, 0.15) is 15.6 Å². The Hall–Kier alpha value is -3.76. The van der Waals surface area contributed by atoms with Crippen LogP contribution >= 0.6 is 0 Å². The first-order valence-corrected chi connectivity index (χ1v) is 16.1. The molecule has 0 aliphatic rings. The Morgan fingerprint density at radius 2 is 1.27 bits per heavy atom. The van der Waals surface area contributed by atoms with E-state index in [0.717, 1.165) is 12.1 Å². The van der Waals surface area contributed by atoms with Crippen LogP contribution in [0.2, 0.25) is 0 Å². The van der Waals surface area contributed by atoms with Crippen molar-refractivity contribution in [2.24, 2.45) is 0 Å². The van der Waals surface area contributed by atoms with E-state index in [1.54, 1.807) is 24.3 Å². The summed E-state index contributed by atoms with van der Waals surface area (Å²) in [6.07, 6.45) is 0. The highest BCUT2D eigenvalue weighted by atomic mass is 32.2. The predicted octanol–water partition coefficient (Wildman–Crippen LogP) is 1.64. The molecule has 5 rings (SSSR count). The third-order valence-electron chi connectivity index (χ3n) is 5.62. The van der Waals surface area contributed by atoms with Gasteiger partial charge in [-0.2, -0.15) is 37.6 Å². The molecule has 0 saturated carbocycles. The summed E-state index contributed by atoms with van der Waals surface area (Å²) >= 11 is 0. The number of fused-ring (bicyclic) bond motifs is 2. The molecule has 3 aromatic carbocycles. The molecule has 0 aliphatic heterocycles. The van der Waals surface area contributed by atoms with Gasteiger partial charge in [-0.25, -0.2) is 9.97 Å².